The fraction of sp³-hybridized carbons (Fsp3) is 0.848. The highest BCUT2D eigenvalue weighted by Crippen LogP contribution is 2.39. The van der Waals surface area contributed by atoms with Gasteiger partial charge in [-0.05, 0) is 39.5 Å². The van der Waals surface area contributed by atoms with Gasteiger partial charge < -0.3 is 20.1 Å². The Hall–Kier alpha value is -1.89. The van der Waals surface area contributed by atoms with Gasteiger partial charge in [-0.15, -0.1) is 11.6 Å². The molecule has 0 aromatic heterocycles. The number of ether oxygens (including phenoxy) is 1. The maximum atomic E-state index is 14.5. The van der Waals surface area contributed by atoms with Crippen LogP contribution in [-0.2, 0) is 19.1 Å². The number of ketones is 1. The van der Waals surface area contributed by atoms with Crippen molar-refractivity contribution in [1.29, 1.82) is 0 Å². The number of halogens is 4. The van der Waals surface area contributed by atoms with Crippen LogP contribution in [0.25, 0.3) is 0 Å². The zero-order valence-corrected chi connectivity index (χ0v) is 30.1. The fourth-order valence-electron chi connectivity index (χ4n) is 8.38. The minimum atomic E-state index is -4.32. The lowest BCUT2D eigenvalue weighted by Gasteiger charge is -2.55. The number of carbonyl (C=O) groups is 3. The van der Waals surface area contributed by atoms with E-state index in [4.69, 9.17) is 16.3 Å². The number of aliphatic hydroxyl groups is 1. The number of hydrogen-bond acceptors (Lipinski definition) is 11. The zero-order valence-electron chi connectivity index (χ0n) is 29.3. The Labute approximate surface area is 297 Å². The van der Waals surface area contributed by atoms with Gasteiger partial charge in [0.15, 0.2) is 5.78 Å². The standard InChI is InChI=1S/C33H54ClF3N8O5/c1-5-24-28(43-8-10-44(11-9-43)32(49)27-29(47)19(3)39-17-40-27)30(48)26-31(38-14-21(41-26)12-18(2)16-50-4)45(24)15-25(46)42-23-7-6-20(13-22(23)34)33(35,36)37/h12,19-24,26-29,31,38-41,47H,5-11,13-17H2,1-4H3,(H,42,46)/b18-12+. The molecule has 17 heteroatoms. The molecular formula is C33H54ClF3N8O5. The van der Waals surface area contributed by atoms with Crippen molar-refractivity contribution in [3.63, 3.8) is 0 Å². The Morgan fingerprint density at radius 3 is 2.50 bits per heavy atom. The minimum absolute atomic E-state index is 0.00356. The molecular weight excluding hydrogens is 681 g/mol. The van der Waals surface area contributed by atoms with E-state index in [0.29, 0.717) is 52.4 Å². The maximum absolute atomic E-state index is 14.5. The fourth-order valence-corrected chi connectivity index (χ4v) is 8.79. The second-order valence-electron chi connectivity index (χ2n) is 14.5. The highest BCUT2D eigenvalue weighted by Gasteiger charge is 2.53. The zero-order chi connectivity index (χ0) is 36.3. The lowest BCUT2D eigenvalue weighted by atomic mass is 9.84. The van der Waals surface area contributed by atoms with Crippen LogP contribution < -0.4 is 26.6 Å². The number of aliphatic hydroxyl groups excluding tert-OH is 1. The second kappa shape index (κ2) is 16.8. The summed E-state index contributed by atoms with van der Waals surface area (Å²) >= 11 is 6.39. The van der Waals surface area contributed by atoms with Crippen LogP contribution in [-0.4, -0.2) is 163 Å². The third kappa shape index (κ3) is 8.83. The quantitative estimate of drug-likeness (QED) is 0.137. The van der Waals surface area contributed by atoms with Gasteiger partial charge in [-0.1, -0.05) is 18.6 Å². The molecule has 0 bridgehead atoms. The van der Waals surface area contributed by atoms with Crippen molar-refractivity contribution >= 4 is 29.2 Å². The predicted molar refractivity (Wildman–Crippen MR) is 181 cm³/mol. The summed E-state index contributed by atoms with van der Waals surface area (Å²) in [7, 11) is 1.62. The van der Waals surface area contributed by atoms with Crippen molar-refractivity contribution in [3.05, 3.63) is 11.6 Å². The molecule has 4 aliphatic heterocycles. The SMILES string of the molecule is CCC1C(N2CCN(C(=O)C3NCNC(C)C3O)CC2)C(=O)C2NC(/C=C(\C)COC)CNC2N1CC(=O)NC1CCC(C(F)(F)F)CC1Cl. The van der Waals surface area contributed by atoms with Gasteiger partial charge in [0.05, 0.1) is 48.8 Å². The number of likely N-dealkylation sites (tertiary alicyclic amines) is 1. The van der Waals surface area contributed by atoms with Crippen molar-refractivity contribution in [2.45, 2.75) is 113 Å². The van der Waals surface area contributed by atoms with E-state index in [-0.39, 0.29) is 61.5 Å². The Morgan fingerprint density at radius 2 is 1.86 bits per heavy atom. The van der Waals surface area contributed by atoms with Crippen LogP contribution in [0.15, 0.2) is 11.6 Å². The monoisotopic (exact) mass is 734 g/mol. The number of nitrogens with zero attached hydrogens (tertiary/aromatic N) is 3. The number of amides is 2. The molecule has 284 valence electrons. The van der Waals surface area contributed by atoms with Crippen LogP contribution in [0.3, 0.4) is 0 Å². The average molecular weight is 735 g/mol. The number of Topliss-reactive ketones (excluding diaryl/α,β-unsaturated/α-hetero) is 1. The van der Waals surface area contributed by atoms with Crippen molar-refractivity contribution in [1.82, 2.24) is 41.3 Å². The Kier molecular flexibility index (Phi) is 13.2. The Balaban J connectivity index is 1.32. The summed E-state index contributed by atoms with van der Waals surface area (Å²) < 4.78 is 45.3. The summed E-state index contributed by atoms with van der Waals surface area (Å²) in [5.41, 5.74) is 1.01. The van der Waals surface area contributed by atoms with Crippen molar-refractivity contribution in [2.75, 3.05) is 59.7 Å². The summed E-state index contributed by atoms with van der Waals surface area (Å²) in [6.45, 7) is 8.71. The Morgan fingerprint density at radius 1 is 1.14 bits per heavy atom. The van der Waals surface area contributed by atoms with E-state index in [1.54, 1.807) is 12.0 Å². The molecule has 6 N–H and O–H groups in total. The molecule has 0 aromatic carbocycles. The van der Waals surface area contributed by atoms with Gasteiger partial charge in [0.25, 0.3) is 0 Å². The van der Waals surface area contributed by atoms with Crippen LogP contribution in [0.1, 0.15) is 46.5 Å². The maximum Gasteiger partial charge on any atom is 0.391 e. The molecule has 50 heavy (non-hydrogen) atoms. The normalized spacial score (nSPS) is 38.1. The average Bonchev–Trinajstić information content (AvgIpc) is 3.07. The highest BCUT2D eigenvalue weighted by atomic mass is 35.5. The molecule has 2 amide bonds. The molecule has 5 fully saturated rings. The number of alkyl halides is 4. The largest absolute Gasteiger partial charge is 0.391 e. The van der Waals surface area contributed by atoms with Crippen molar-refractivity contribution in [3.8, 4) is 0 Å². The molecule has 13 nitrogen and oxygen atoms in total. The van der Waals surface area contributed by atoms with Crippen LogP contribution in [0.4, 0.5) is 13.2 Å². The van der Waals surface area contributed by atoms with E-state index in [0.717, 1.165) is 5.57 Å². The van der Waals surface area contributed by atoms with Gasteiger partial charge in [0.2, 0.25) is 11.8 Å². The summed E-state index contributed by atoms with van der Waals surface area (Å²) in [5, 5.41) is 25.9. The first-order chi connectivity index (χ1) is 23.7. The molecule has 1 saturated carbocycles. The molecule has 0 spiro atoms. The summed E-state index contributed by atoms with van der Waals surface area (Å²) in [5.74, 6) is -2.01. The van der Waals surface area contributed by atoms with Crippen LogP contribution in [0.5, 0.6) is 0 Å². The van der Waals surface area contributed by atoms with E-state index in [9.17, 15) is 32.7 Å². The van der Waals surface area contributed by atoms with Crippen LogP contribution >= 0.6 is 11.6 Å². The topological polar surface area (TPSA) is 151 Å². The first-order valence-corrected chi connectivity index (χ1v) is 18.3. The molecule has 4 heterocycles. The minimum Gasteiger partial charge on any atom is -0.389 e. The smallest absolute Gasteiger partial charge is 0.389 e. The molecule has 0 aromatic rings. The van der Waals surface area contributed by atoms with Crippen molar-refractivity contribution < 1.29 is 37.4 Å². The first kappa shape index (κ1) is 39.3. The molecule has 5 aliphatic rings. The van der Waals surface area contributed by atoms with E-state index < -0.39 is 53.9 Å². The summed E-state index contributed by atoms with van der Waals surface area (Å²) in [4.78, 5) is 47.3. The lowest BCUT2D eigenvalue weighted by Crippen LogP contribution is -2.79. The molecule has 5 rings (SSSR count). The number of carbonyl (C=O) groups excluding carboxylic acids is 3. The van der Waals surface area contributed by atoms with E-state index in [1.165, 1.54) is 0 Å². The van der Waals surface area contributed by atoms with Crippen molar-refractivity contribution in [2.24, 2.45) is 5.92 Å². The van der Waals surface area contributed by atoms with Gasteiger partial charge in [0.1, 0.15) is 6.04 Å². The molecule has 0 radical (unpaired) electrons. The number of piperazine rings is 2. The van der Waals surface area contributed by atoms with E-state index in [1.807, 2.05) is 31.7 Å². The molecule has 1 aliphatic carbocycles. The number of piperidine rings is 1. The highest BCUT2D eigenvalue weighted by molar-refractivity contribution is 6.21. The van der Waals surface area contributed by atoms with Gasteiger partial charge in [-0.2, -0.15) is 13.2 Å². The lowest BCUT2D eigenvalue weighted by molar-refractivity contribution is -0.182. The van der Waals surface area contributed by atoms with E-state index >= 15 is 0 Å². The number of rotatable bonds is 9. The molecule has 11 atom stereocenters. The van der Waals surface area contributed by atoms with Crippen LogP contribution in [0, 0.1) is 5.92 Å². The summed E-state index contributed by atoms with van der Waals surface area (Å²) in [6, 6.07) is -3.27. The summed E-state index contributed by atoms with van der Waals surface area (Å²) in [6.07, 6.45) is -3.31. The number of fused-ring (bicyclic) bond motifs is 1. The third-order valence-electron chi connectivity index (χ3n) is 11.1. The second-order valence-corrected chi connectivity index (χ2v) is 15.1. The van der Waals surface area contributed by atoms with E-state index in [2.05, 4.69) is 31.5 Å². The van der Waals surface area contributed by atoms with Gasteiger partial charge in [-0.25, -0.2) is 0 Å². The number of methoxy groups -OCH3 is 1. The molecule has 11 unspecified atom stereocenters. The van der Waals surface area contributed by atoms with Crippen LogP contribution in [0.2, 0.25) is 0 Å². The number of nitrogens with one attached hydrogen (secondary N) is 5. The van der Waals surface area contributed by atoms with Gasteiger partial charge in [-0.3, -0.25) is 45.5 Å². The van der Waals surface area contributed by atoms with Gasteiger partial charge >= 0.3 is 6.18 Å². The predicted octanol–water partition coefficient (Wildman–Crippen LogP) is -0.266. The number of hydrogen-bond donors (Lipinski definition) is 6. The molecule has 4 saturated heterocycles. The van der Waals surface area contributed by atoms with Gasteiger partial charge in [0, 0.05) is 70.7 Å². The Bertz CT molecular complexity index is 1240. The first-order valence-electron chi connectivity index (χ1n) is 17.9. The third-order valence-corrected chi connectivity index (χ3v) is 11.6.